The summed E-state index contributed by atoms with van der Waals surface area (Å²) in [5.41, 5.74) is 2.79. The lowest BCUT2D eigenvalue weighted by Gasteiger charge is -2.26. The van der Waals surface area contributed by atoms with Gasteiger partial charge in [-0.3, -0.25) is 14.5 Å². The number of fused-ring (bicyclic) bond motifs is 2. The highest BCUT2D eigenvalue weighted by Crippen LogP contribution is 2.43. The van der Waals surface area contributed by atoms with Gasteiger partial charge in [0.25, 0.3) is 5.91 Å². The predicted molar refractivity (Wildman–Crippen MR) is 119 cm³/mol. The van der Waals surface area contributed by atoms with Gasteiger partial charge in [-0.05, 0) is 17.7 Å². The topological polar surface area (TPSA) is 65.2 Å². The summed E-state index contributed by atoms with van der Waals surface area (Å²) >= 11 is 2.86. The Kier molecular flexibility index (Phi) is 4.61. The number of thioether (sulfide) groups is 1. The Morgan fingerprint density at radius 2 is 1.90 bits per heavy atom. The monoisotopic (exact) mass is 419 g/mol. The first-order chi connectivity index (χ1) is 14.2. The number of hydrogen-bond acceptors (Lipinski definition) is 4. The van der Waals surface area contributed by atoms with E-state index in [0.29, 0.717) is 17.2 Å². The quantitative estimate of drug-likeness (QED) is 0.482. The first-order valence-electron chi connectivity index (χ1n) is 9.17. The van der Waals surface area contributed by atoms with E-state index in [-0.39, 0.29) is 11.8 Å². The lowest BCUT2D eigenvalue weighted by atomic mass is 10.2. The van der Waals surface area contributed by atoms with Crippen molar-refractivity contribution in [3.05, 3.63) is 77.3 Å². The molecule has 0 unspecified atom stereocenters. The lowest BCUT2D eigenvalue weighted by molar-refractivity contribution is -0.116. The van der Waals surface area contributed by atoms with Crippen molar-refractivity contribution in [2.75, 3.05) is 16.0 Å². The smallest absolute Gasteiger partial charge is 0.265 e. The van der Waals surface area contributed by atoms with Crippen LogP contribution in [0.5, 0.6) is 0 Å². The molecule has 0 aliphatic carbocycles. The zero-order valence-electron chi connectivity index (χ0n) is 15.3. The van der Waals surface area contributed by atoms with Crippen LogP contribution in [0, 0.1) is 0 Å². The summed E-state index contributed by atoms with van der Waals surface area (Å²) in [7, 11) is 0. The van der Waals surface area contributed by atoms with Crippen molar-refractivity contribution in [1.29, 1.82) is 0 Å². The Morgan fingerprint density at radius 1 is 1.10 bits per heavy atom. The molecule has 0 saturated heterocycles. The fourth-order valence-corrected chi connectivity index (χ4v) is 5.59. The Balaban J connectivity index is 1.42. The number of para-hydroxylation sites is 1. The van der Waals surface area contributed by atoms with Crippen LogP contribution in [-0.4, -0.2) is 22.6 Å². The maximum Gasteiger partial charge on any atom is 0.265 e. The third-order valence-electron chi connectivity index (χ3n) is 4.82. The summed E-state index contributed by atoms with van der Waals surface area (Å²) in [6, 6.07) is 19.6. The number of aromatic nitrogens is 1. The number of aromatic amines is 1. The van der Waals surface area contributed by atoms with Crippen molar-refractivity contribution in [3.8, 4) is 0 Å². The zero-order valence-corrected chi connectivity index (χ0v) is 17.0. The van der Waals surface area contributed by atoms with E-state index >= 15 is 0 Å². The van der Waals surface area contributed by atoms with Gasteiger partial charge in [0, 0.05) is 22.0 Å². The zero-order chi connectivity index (χ0) is 19.8. The number of rotatable bonds is 4. The first kappa shape index (κ1) is 18.0. The highest BCUT2D eigenvalue weighted by molar-refractivity contribution is 8.00. The van der Waals surface area contributed by atoms with E-state index in [1.54, 1.807) is 11.1 Å². The minimum absolute atomic E-state index is 0.0665. The number of hydrogen-bond donors (Lipinski definition) is 2. The molecule has 5 rings (SSSR count). The molecule has 0 saturated carbocycles. The summed E-state index contributed by atoms with van der Waals surface area (Å²) in [5.74, 6) is 0.290. The van der Waals surface area contributed by atoms with Crippen molar-refractivity contribution in [3.63, 3.8) is 0 Å². The number of nitrogens with one attached hydrogen (secondary N) is 2. The molecule has 2 aromatic carbocycles. The van der Waals surface area contributed by atoms with E-state index in [0.717, 1.165) is 32.1 Å². The highest BCUT2D eigenvalue weighted by atomic mass is 32.2. The van der Waals surface area contributed by atoms with E-state index in [4.69, 9.17) is 0 Å². The summed E-state index contributed by atoms with van der Waals surface area (Å²) in [6.07, 6.45) is 1.80. The van der Waals surface area contributed by atoms with Crippen molar-refractivity contribution in [1.82, 2.24) is 4.98 Å². The minimum Gasteiger partial charge on any atom is -0.359 e. The normalized spacial score (nSPS) is 13.5. The molecule has 2 N–H and O–H groups in total. The largest absolute Gasteiger partial charge is 0.359 e. The van der Waals surface area contributed by atoms with E-state index in [1.165, 1.54) is 23.1 Å². The Hall–Kier alpha value is -3.03. The number of anilines is 2. The fraction of sp³-hybridized carbons (Fsp3) is 0.0909. The Morgan fingerprint density at radius 3 is 2.76 bits per heavy atom. The molecule has 7 heteroatoms. The molecule has 0 bridgehead atoms. The van der Waals surface area contributed by atoms with Gasteiger partial charge in [0.2, 0.25) is 5.91 Å². The molecule has 0 radical (unpaired) electrons. The van der Waals surface area contributed by atoms with Gasteiger partial charge in [-0.1, -0.05) is 48.5 Å². The van der Waals surface area contributed by atoms with Crippen LogP contribution in [0.2, 0.25) is 0 Å². The van der Waals surface area contributed by atoms with E-state index in [9.17, 15) is 9.59 Å². The molecule has 144 valence electrons. The molecule has 2 aromatic heterocycles. The van der Waals surface area contributed by atoms with Crippen molar-refractivity contribution in [2.45, 2.75) is 11.4 Å². The van der Waals surface area contributed by atoms with Crippen LogP contribution < -0.4 is 10.2 Å². The van der Waals surface area contributed by atoms with Crippen LogP contribution in [-0.2, 0) is 11.3 Å². The van der Waals surface area contributed by atoms with Crippen LogP contribution >= 0.6 is 23.1 Å². The second-order valence-electron chi connectivity index (χ2n) is 6.74. The molecule has 1 aliphatic heterocycles. The molecule has 29 heavy (non-hydrogen) atoms. The van der Waals surface area contributed by atoms with E-state index in [2.05, 4.69) is 10.3 Å². The molecule has 0 spiro atoms. The molecule has 3 heterocycles. The van der Waals surface area contributed by atoms with Gasteiger partial charge in [0.15, 0.2) is 0 Å². The minimum atomic E-state index is -0.165. The third kappa shape index (κ3) is 3.43. The average Bonchev–Trinajstić information content (AvgIpc) is 3.36. The fourth-order valence-electron chi connectivity index (χ4n) is 3.38. The number of thiophene rings is 1. The molecular weight excluding hydrogens is 402 g/mol. The predicted octanol–water partition coefficient (Wildman–Crippen LogP) is 5.12. The van der Waals surface area contributed by atoms with Crippen LogP contribution in [0.3, 0.4) is 0 Å². The number of H-pyrrole nitrogens is 1. The van der Waals surface area contributed by atoms with Crippen LogP contribution in [0.4, 0.5) is 10.7 Å². The molecule has 2 amide bonds. The average molecular weight is 420 g/mol. The number of benzene rings is 2. The van der Waals surface area contributed by atoms with Gasteiger partial charge in [0.1, 0.15) is 5.00 Å². The summed E-state index contributed by atoms with van der Waals surface area (Å²) < 4.78 is 0. The van der Waals surface area contributed by atoms with Crippen LogP contribution in [0.15, 0.2) is 71.8 Å². The standard InChI is InChI=1S/C22H17N3O2S2/c26-20-13-28-19-10-18(29-22(19)25(20)12-14-6-2-1-3-7-14)21(27)24-17-11-23-16-9-5-4-8-15(16)17/h1-11,23H,12-13H2,(H,24,27). The summed E-state index contributed by atoms with van der Waals surface area (Å²) in [5, 5.41) is 4.81. The molecule has 0 fully saturated rings. The maximum atomic E-state index is 12.9. The SMILES string of the molecule is O=C(Nc1c[nH]c2ccccc12)c1cc2c(s1)N(Cc1ccccc1)C(=O)CS2. The maximum absolute atomic E-state index is 12.9. The van der Waals surface area contributed by atoms with Gasteiger partial charge in [0.05, 0.1) is 22.9 Å². The van der Waals surface area contributed by atoms with Crippen LogP contribution in [0.1, 0.15) is 15.2 Å². The second kappa shape index (κ2) is 7.42. The van der Waals surface area contributed by atoms with Crippen molar-refractivity contribution in [2.24, 2.45) is 0 Å². The molecule has 1 aliphatic rings. The summed E-state index contributed by atoms with van der Waals surface area (Å²) in [4.78, 5) is 32.0. The molecule has 0 atom stereocenters. The first-order valence-corrected chi connectivity index (χ1v) is 11.0. The molecule has 5 nitrogen and oxygen atoms in total. The van der Waals surface area contributed by atoms with Gasteiger partial charge >= 0.3 is 0 Å². The molecular formula is C22H17N3O2S2. The van der Waals surface area contributed by atoms with E-state index in [1.807, 2.05) is 60.7 Å². The van der Waals surface area contributed by atoms with Gasteiger partial charge in [-0.25, -0.2) is 0 Å². The van der Waals surface area contributed by atoms with Crippen LogP contribution in [0.25, 0.3) is 10.9 Å². The van der Waals surface area contributed by atoms with Gasteiger partial charge < -0.3 is 10.3 Å². The van der Waals surface area contributed by atoms with Gasteiger partial charge in [-0.15, -0.1) is 23.1 Å². The lowest BCUT2D eigenvalue weighted by Crippen LogP contribution is -2.33. The summed E-state index contributed by atoms with van der Waals surface area (Å²) in [6.45, 7) is 0.511. The Labute approximate surface area is 175 Å². The van der Waals surface area contributed by atoms with E-state index < -0.39 is 0 Å². The van der Waals surface area contributed by atoms with Crippen molar-refractivity contribution < 1.29 is 9.59 Å². The second-order valence-corrected chi connectivity index (χ2v) is 8.78. The number of carbonyl (C=O) groups is 2. The Bertz CT molecular complexity index is 1210. The molecule has 4 aromatic rings. The number of nitrogens with zero attached hydrogens (tertiary/aromatic N) is 1. The number of amides is 2. The van der Waals surface area contributed by atoms with Crippen molar-refractivity contribution >= 4 is 56.5 Å². The highest BCUT2D eigenvalue weighted by Gasteiger charge is 2.29. The van der Waals surface area contributed by atoms with Gasteiger partial charge in [-0.2, -0.15) is 0 Å². The number of carbonyl (C=O) groups excluding carboxylic acids is 2. The third-order valence-corrected chi connectivity index (χ3v) is 7.12.